The highest BCUT2D eigenvalue weighted by Crippen LogP contribution is 2.28. The summed E-state index contributed by atoms with van der Waals surface area (Å²) in [6, 6.07) is 4.68. The Labute approximate surface area is 109 Å². The molecule has 0 aliphatic rings. The third-order valence-corrected chi connectivity index (χ3v) is 2.53. The number of nitrogens with zero attached hydrogens (tertiary/aromatic N) is 4. The van der Waals surface area contributed by atoms with Gasteiger partial charge in [0.15, 0.2) is 0 Å². The summed E-state index contributed by atoms with van der Waals surface area (Å²) >= 11 is 0. The van der Waals surface area contributed by atoms with Crippen molar-refractivity contribution in [2.75, 3.05) is 19.0 Å². The number of nitro benzene ring substituents is 1. The number of hydrogen-bond acceptors (Lipinski definition) is 6. The maximum Gasteiger partial charge on any atom is 0.296 e. The molecule has 100 valence electrons. The van der Waals surface area contributed by atoms with Gasteiger partial charge in [-0.1, -0.05) is 5.21 Å². The van der Waals surface area contributed by atoms with E-state index >= 15 is 0 Å². The second kappa shape index (κ2) is 5.80. The van der Waals surface area contributed by atoms with Gasteiger partial charge in [0.1, 0.15) is 11.4 Å². The van der Waals surface area contributed by atoms with Crippen LogP contribution in [0.2, 0.25) is 0 Å². The fraction of sp³-hybridized carbons (Fsp3) is 0.273. The minimum absolute atomic E-state index is 0.0158. The average Bonchev–Trinajstić information content (AvgIpc) is 2.92. The van der Waals surface area contributed by atoms with E-state index in [9.17, 15) is 10.1 Å². The first kappa shape index (κ1) is 12.8. The molecule has 8 nitrogen and oxygen atoms in total. The van der Waals surface area contributed by atoms with E-state index in [0.29, 0.717) is 24.5 Å². The summed E-state index contributed by atoms with van der Waals surface area (Å²) in [7, 11) is 1.47. The summed E-state index contributed by atoms with van der Waals surface area (Å²) in [6.07, 6.45) is 3.31. The van der Waals surface area contributed by atoms with Crippen molar-refractivity contribution in [1.29, 1.82) is 0 Å². The largest absolute Gasteiger partial charge is 0.496 e. The van der Waals surface area contributed by atoms with Gasteiger partial charge in [-0.25, -0.2) is 0 Å². The van der Waals surface area contributed by atoms with Crippen LogP contribution in [0.4, 0.5) is 11.4 Å². The summed E-state index contributed by atoms with van der Waals surface area (Å²) in [4.78, 5) is 10.5. The smallest absolute Gasteiger partial charge is 0.296 e. The number of nitrogens with one attached hydrogen (secondary N) is 1. The molecule has 1 heterocycles. The van der Waals surface area contributed by atoms with Crippen LogP contribution in [0.5, 0.6) is 5.75 Å². The molecule has 1 aromatic carbocycles. The summed E-state index contributed by atoms with van der Waals surface area (Å²) < 4.78 is 6.61. The Morgan fingerprint density at radius 3 is 3.00 bits per heavy atom. The van der Waals surface area contributed by atoms with Crippen molar-refractivity contribution in [2.24, 2.45) is 0 Å². The lowest BCUT2D eigenvalue weighted by Gasteiger charge is -2.08. The van der Waals surface area contributed by atoms with Gasteiger partial charge in [0.05, 0.1) is 30.8 Å². The Kier molecular flexibility index (Phi) is 3.91. The molecule has 0 aliphatic carbocycles. The molecule has 0 bridgehead atoms. The number of rotatable bonds is 6. The van der Waals surface area contributed by atoms with E-state index in [-0.39, 0.29) is 5.69 Å². The van der Waals surface area contributed by atoms with Crippen molar-refractivity contribution in [3.05, 3.63) is 40.7 Å². The Hall–Kier alpha value is -2.64. The van der Waals surface area contributed by atoms with Crippen LogP contribution in [0, 0.1) is 10.1 Å². The Morgan fingerprint density at radius 2 is 2.37 bits per heavy atom. The van der Waals surface area contributed by atoms with E-state index in [1.54, 1.807) is 29.2 Å². The molecule has 0 amide bonds. The van der Waals surface area contributed by atoms with E-state index in [1.165, 1.54) is 13.2 Å². The van der Waals surface area contributed by atoms with E-state index in [1.807, 2.05) is 0 Å². The number of hydrogen-bond donors (Lipinski definition) is 1. The predicted octanol–water partition coefficient (Wildman–Crippen LogP) is 1.31. The van der Waals surface area contributed by atoms with E-state index < -0.39 is 4.92 Å². The van der Waals surface area contributed by atoms with Crippen LogP contribution in [0.15, 0.2) is 30.6 Å². The first-order valence-corrected chi connectivity index (χ1v) is 5.61. The number of nitro groups is 1. The number of methoxy groups -OCH3 is 1. The standard InChI is InChI=1S/C11H13N5O3/c1-19-9-2-3-10(11(8-9)16(17)18)12-4-6-15-7-5-13-14-15/h2-3,5,7-8,12H,4,6H2,1H3. The van der Waals surface area contributed by atoms with Crippen molar-refractivity contribution in [3.63, 3.8) is 0 Å². The van der Waals surface area contributed by atoms with Crippen LogP contribution in [-0.4, -0.2) is 33.6 Å². The van der Waals surface area contributed by atoms with Gasteiger partial charge in [0.2, 0.25) is 0 Å². The highest BCUT2D eigenvalue weighted by molar-refractivity contribution is 5.63. The summed E-state index contributed by atoms with van der Waals surface area (Å²) in [5, 5.41) is 21.4. The quantitative estimate of drug-likeness (QED) is 0.623. The first-order valence-electron chi connectivity index (χ1n) is 5.61. The van der Waals surface area contributed by atoms with Crippen molar-refractivity contribution < 1.29 is 9.66 Å². The molecule has 0 saturated heterocycles. The summed E-state index contributed by atoms with van der Waals surface area (Å²) in [6.45, 7) is 1.08. The van der Waals surface area contributed by atoms with Crippen LogP contribution in [0.3, 0.4) is 0 Å². The normalized spacial score (nSPS) is 10.2. The lowest BCUT2D eigenvalue weighted by atomic mass is 10.2. The topological polar surface area (TPSA) is 95.1 Å². The van der Waals surface area contributed by atoms with Gasteiger partial charge in [-0.2, -0.15) is 0 Å². The molecule has 2 rings (SSSR count). The van der Waals surface area contributed by atoms with Crippen LogP contribution in [0.1, 0.15) is 0 Å². The molecule has 1 N–H and O–H groups in total. The Bertz CT molecular complexity index is 555. The first-order chi connectivity index (χ1) is 9.20. The molecule has 19 heavy (non-hydrogen) atoms. The molecule has 0 fully saturated rings. The van der Waals surface area contributed by atoms with Crippen molar-refractivity contribution in [3.8, 4) is 5.75 Å². The second-order valence-electron chi connectivity index (χ2n) is 3.73. The van der Waals surface area contributed by atoms with Crippen molar-refractivity contribution >= 4 is 11.4 Å². The van der Waals surface area contributed by atoms with E-state index in [4.69, 9.17) is 4.74 Å². The van der Waals surface area contributed by atoms with Crippen LogP contribution < -0.4 is 10.1 Å². The molecule has 1 aromatic heterocycles. The lowest BCUT2D eigenvalue weighted by molar-refractivity contribution is -0.384. The van der Waals surface area contributed by atoms with E-state index in [0.717, 1.165) is 0 Å². The molecule has 0 aliphatic heterocycles. The summed E-state index contributed by atoms with van der Waals surface area (Å²) in [5.41, 5.74) is 0.434. The molecular formula is C11H13N5O3. The highest BCUT2D eigenvalue weighted by atomic mass is 16.6. The number of anilines is 1. The van der Waals surface area contributed by atoms with Gasteiger partial charge >= 0.3 is 0 Å². The Balaban J connectivity index is 2.04. The number of ether oxygens (including phenoxy) is 1. The number of benzene rings is 1. The van der Waals surface area contributed by atoms with Gasteiger partial charge < -0.3 is 10.1 Å². The van der Waals surface area contributed by atoms with Crippen LogP contribution in [-0.2, 0) is 6.54 Å². The van der Waals surface area contributed by atoms with Crippen LogP contribution >= 0.6 is 0 Å². The molecule has 0 saturated carbocycles. The fourth-order valence-electron chi connectivity index (χ4n) is 1.60. The molecule has 2 aromatic rings. The van der Waals surface area contributed by atoms with Gasteiger partial charge in [-0.3, -0.25) is 14.8 Å². The lowest BCUT2D eigenvalue weighted by Crippen LogP contribution is -2.12. The zero-order valence-corrected chi connectivity index (χ0v) is 10.3. The SMILES string of the molecule is COc1ccc(NCCn2ccnn2)c([N+](=O)[O-])c1. The van der Waals surface area contributed by atoms with Crippen molar-refractivity contribution in [1.82, 2.24) is 15.0 Å². The third-order valence-electron chi connectivity index (χ3n) is 2.53. The zero-order chi connectivity index (χ0) is 13.7. The molecule has 0 radical (unpaired) electrons. The fourth-order valence-corrected chi connectivity index (χ4v) is 1.60. The molecule has 0 unspecified atom stereocenters. The highest BCUT2D eigenvalue weighted by Gasteiger charge is 2.14. The van der Waals surface area contributed by atoms with Gasteiger partial charge in [0, 0.05) is 12.7 Å². The maximum atomic E-state index is 11.0. The molecular weight excluding hydrogens is 250 g/mol. The second-order valence-corrected chi connectivity index (χ2v) is 3.73. The van der Waals surface area contributed by atoms with Gasteiger partial charge in [0.25, 0.3) is 5.69 Å². The monoisotopic (exact) mass is 263 g/mol. The predicted molar refractivity (Wildman–Crippen MR) is 68.2 cm³/mol. The average molecular weight is 263 g/mol. The number of aromatic nitrogens is 3. The molecule has 8 heteroatoms. The van der Waals surface area contributed by atoms with Gasteiger partial charge in [-0.05, 0) is 12.1 Å². The molecule has 0 spiro atoms. The summed E-state index contributed by atoms with van der Waals surface area (Å²) in [5.74, 6) is 0.452. The minimum atomic E-state index is -0.444. The Morgan fingerprint density at radius 1 is 1.53 bits per heavy atom. The van der Waals surface area contributed by atoms with Crippen molar-refractivity contribution in [2.45, 2.75) is 6.54 Å². The van der Waals surface area contributed by atoms with Crippen LogP contribution in [0.25, 0.3) is 0 Å². The third kappa shape index (κ3) is 3.18. The zero-order valence-electron chi connectivity index (χ0n) is 10.3. The minimum Gasteiger partial charge on any atom is -0.496 e. The van der Waals surface area contributed by atoms with E-state index in [2.05, 4.69) is 15.6 Å². The maximum absolute atomic E-state index is 11.0. The van der Waals surface area contributed by atoms with Gasteiger partial charge in [-0.15, -0.1) is 5.10 Å². The molecule has 0 atom stereocenters.